The summed E-state index contributed by atoms with van der Waals surface area (Å²) in [6, 6.07) is 9.36. The summed E-state index contributed by atoms with van der Waals surface area (Å²) < 4.78 is 7.75. The number of nitrogens with zero attached hydrogens (tertiary/aromatic N) is 3. The molecule has 1 amide bonds. The number of piperazine rings is 1. The molecule has 0 bridgehead atoms. The van der Waals surface area contributed by atoms with Crippen LogP contribution in [0.3, 0.4) is 0 Å². The number of carbonyl (C=O) groups is 1. The van der Waals surface area contributed by atoms with E-state index in [1.165, 1.54) is 0 Å². The Labute approximate surface area is 148 Å². The molecule has 24 heavy (non-hydrogen) atoms. The van der Waals surface area contributed by atoms with Gasteiger partial charge in [-0.15, -0.1) is 12.4 Å². The van der Waals surface area contributed by atoms with E-state index < -0.39 is 6.10 Å². The van der Waals surface area contributed by atoms with Gasteiger partial charge in [0.25, 0.3) is 5.91 Å². The second-order valence-corrected chi connectivity index (χ2v) is 5.72. The third-order valence-corrected chi connectivity index (χ3v) is 4.09. The largest absolute Gasteiger partial charge is 0.481 e. The Morgan fingerprint density at radius 2 is 2.12 bits per heavy atom. The van der Waals surface area contributed by atoms with E-state index in [0.717, 1.165) is 12.4 Å². The monoisotopic (exact) mass is 350 g/mol. The van der Waals surface area contributed by atoms with Gasteiger partial charge in [0.15, 0.2) is 6.10 Å². The van der Waals surface area contributed by atoms with Crippen molar-refractivity contribution in [3.05, 3.63) is 48.5 Å². The molecular weight excluding hydrogens is 328 g/mol. The molecule has 2 atom stereocenters. The SMILES string of the molecule is CC(Oc1ccccc1)C(=O)N1CCNCC1c1nccn1C.Cl. The van der Waals surface area contributed by atoms with Crippen LogP contribution in [0, 0.1) is 0 Å². The Kier molecular flexibility index (Phi) is 6.23. The predicted molar refractivity (Wildman–Crippen MR) is 94.3 cm³/mol. The Balaban J connectivity index is 0.00000208. The van der Waals surface area contributed by atoms with Crippen LogP contribution in [0.15, 0.2) is 42.7 Å². The summed E-state index contributed by atoms with van der Waals surface area (Å²) in [6.07, 6.45) is 3.13. The molecule has 0 aliphatic carbocycles. The molecule has 1 saturated heterocycles. The van der Waals surface area contributed by atoms with Gasteiger partial charge in [0.1, 0.15) is 17.6 Å². The Morgan fingerprint density at radius 3 is 2.79 bits per heavy atom. The Morgan fingerprint density at radius 1 is 1.38 bits per heavy atom. The van der Waals surface area contributed by atoms with Crippen LogP contribution in [0.5, 0.6) is 5.75 Å². The number of aryl methyl sites for hydroxylation is 1. The van der Waals surface area contributed by atoms with Crippen LogP contribution >= 0.6 is 12.4 Å². The zero-order chi connectivity index (χ0) is 16.2. The van der Waals surface area contributed by atoms with Crippen LogP contribution in [0.1, 0.15) is 18.8 Å². The van der Waals surface area contributed by atoms with Gasteiger partial charge in [-0.1, -0.05) is 18.2 Å². The molecule has 1 N–H and O–H groups in total. The topological polar surface area (TPSA) is 59.4 Å². The standard InChI is InChI=1S/C17H22N4O2.ClH/c1-13(23-14-6-4-3-5-7-14)17(22)21-11-8-18-12-15(21)16-19-9-10-20(16)2;/h3-7,9-10,13,15,18H,8,11-12H2,1-2H3;1H. The molecule has 2 heterocycles. The molecule has 0 spiro atoms. The summed E-state index contributed by atoms with van der Waals surface area (Å²) in [5.41, 5.74) is 0. The van der Waals surface area contributed by atoms with Gasteiger partial charge in [0, 0.05) is 39.1 Å². The van der Waals surface area contributed by atoms with Crippen LogP contribution in [-0.4, -0.2) is 46.1 Å². The average Bonchev–Trinajstić information content (AvgIpc) is 3.01. The minimum Gasteiger partial charge on any atom is -0.481 e. The first-order chi connectivity index (χ1) is 11.2. The van der Waals surface area contributed by atoms with E-state index in [1.54, 1.807) is 13.1 Å². The van der Waals surface area contributed by atoms with Gasteiger partial charge in [-0.25, -0.2) is 4.98 Å². The van der Waals surface area contributed by atoms with E-state index in [2.05, 4.69) is 10.3 Å². The summed E-state index contributed by atoms with van der Waals surface area (Å²) >= 11 is 0. The van der Waals surface area contributed by atoms with Gasteiger partial charge < -0.3 is 19.5 Å². The molecule has 7 heteroatoms. The van der Waals surface area contributed by atoms with Crippen molar-refractivity contribution in [2.45, 2.75) is 19.1 Å². The van der Waals surface area contributed by atoms with Crippen molar-refractivity contribution >= 4 is 18.3 Å². The first-order valence-corrected chi connectivity index (χ1v) is 7.87. The third kappa shape index (κ3) is 3.88. The fourth-order valence-electron chi connectivity index (χ4n) is 2.88. The van der Waals surface area contributed by atoms with Gasteiger partial charge in [-0.2, -0.15) is 0 Å². The number of amides is 1. The predicted octanol–water partition coefficient (Wildman–Crippen LogP) is 1.78. The maximum absolute atomic E-state index is 12.9. The first kappa shape index (κ1) is 18.3. The Bertz CT molecular complexity index is 662. The molecular formula is C17H23ClN4O2. The molecule has 6 nitrogen and oxygen atoms in total. The highest BCUT2D eigenvalue weighted by molar-refractivity contribution is 5.85. The number of halogens is 1. The molecule has 130 valence electrons. The van der Waals surface area contributed by atoms with E-state index in [0.29, 0.717) is 18.8 Å². The molecule has 1 fully saturated rings. The number of imidazole rings is 1. The van der Waals surface area contributed by atoms with E-state index in [9.17, 15) is 4.79 Å². The maximum Gasteiger partial charge on any atom is 0.264 e. The van der Waals surface area contributed by atoms with Gasteiger partial charge in [-0.05, 0) is 19.1 Å². The molecule has 3 rings (SSSR count). The third-order valence-electron chi connectivity index (χ3n) is 4.09. The zero-order valence-corrected chi connectivity index (χ0v) is 14.7. The molecule has 1 aliphatic rings. The fourth-order valence-corrected chi connectivity index (χ4v) is 2.88. The van der Waals surface area contributed by atoms with E-state index in [4.69, 9.17) is 4.74 Å². The first-order valence-electron chi connectivity index (χ1n) is 7.87. The normalized spacial score (nSPS) is 18.6. The maximum atomic E-state index is 12.9. The van der Waals surface area contributed by atoms with Gasteiger partial charge in [-0.3, -0.25) is 4.79 Å². The second kappa shape index (κ2) is 8.17. The molecule has 0 radical (unpaired) electrons. The van der Waals surface area contributed by atoms with Gasteiger partial charge in [0.05, 0.1) is 0 Å². The molecule has 2 unspecified atom stereocenters. The molecule has 1 aromatic carbocycles. The lowest BCUT2D eigenvalue weighted by atomic mass is 10.1. The van der Waals surface area contributed by atoms with Crippen molar-refractivity contribution in [1.82, 2.24) is 19.8 Å². The highest BCUT2D eigenvalue weighted by atomic mass is 35.5. The lowest BCUT2D eigenvalue weighted by Crippen LogP contribution is -2.52. The fraction of sp³-hybridized carbons (Fsp3) is 0.412. The molecule has 1 aliphatic heterocycles. The van der Waals surface area contributed by atoms with Crippen molar-refractivity contribution in [3.63, 3.8) is 0 Å². The number of nitrogens with one attached hydrogen (secondary N) is 1. The smallest absolute Gasteiger partial charge is 0.264 e. The van der Waals surface area contributed by atoms with Crippen LogP contribution in [-0.2, 0) is 11.8 Å². The number of para-hydroxylation sites is 1. The molecule has 2 aromatic rings. The van der Waals surface area contributed by atoms with E-state index in [1.807, 2.05) is 53.0 Å². The van der Waals surface area contributed by atoms with Crippen molar-refractivity contribution < 1.29 is 9.53 Å². The quantitative estimate of drug-likeness (QED) is 0.913. The summed E-state index contributed by atoms with van der Waals surface area (Å²) in [5.74, 6) is 1.58. The minimum absolute atomic E-state index is 0. The van der Waals surface area contributed by atoms with Crippen molar-refractivity contribution in [2.75, 3.05) is 19.6 Å². The lowest BCUT2D eigenvalue weighted by Gasteiger charge is -2.37. The van der Waals surface area contributed by atoms with E-state index in [-0.39, 0.29) is 24.4 Å². The number of rotatable bonds is 4. The summed E-state index contributed by atoms with van der Waals surface area (Å²) in [4.78, 5) is 19.1. The summed E-state index contributed by atoms with van der Waals surface area (Å²) in [6.45, 7) is 3.94. The summed E-state index contributed by atoms with van der Waals surface area (Å²) in [7, 11) is 1.95. The Hall–Kier alpha value is -2.05. The minimum atomic E-state index is -0.529. The van der Waals surface area contributed by atoms with E-state index >= 15 is 0 Å². The van der Waals surface area contributed by atoms with Gasteiger partial charge in [0.2, 0.25) is 0 Å². The number of benzene rings is 1. The lowest BCUT2D eigenvalue weighted by molar-refractivity contribution is -0.141. The number of hydrogen-bond donors (Lipinski definition) is 1. The van der Waals surface area contributed by atoms with Crippen LogP contribution in [0.2, 0.25) is 0 Å². The molecule has 1 aromatic heterocycles. The zero-order valence-electron chi connectivity index (χ0n) is 13.9. The van der Waals surface area contributed by atoms with Crippen molar-refractivity contribution in [1.29, 1.82) is 0 Å². The second-order valence-electron chi connectivity index (χ2n) is 5.72. The highest BCUT2D eigenvalue weighted by Crippen LogP contribution is 2.22. The number of carbonyl (C=O) groups excluding carboxylic acids is 1. The number of ether oxygens (including phenoxy) is 1. The number of aromatic nitrogens is 2. The average molecular weight is 351 g/mol. The van der Waals surface area contributed by atoms with Crippen molar-refractivity contribution in [2.24, 2.45) is 7.05 Å². The van der Waals surface area contributed by atoms with Gasteiger partial charge >= 0.3 is 0 Å². The summed E-state index contributed by atoms with van der Waals surface area (Å²) in [5, 5.41) is 3.34. The van der Waals surface area contributed by atoms with Crippen LogP contribution in [0.25, 0.3) is 0 Å². The number of hydrogen-bond acceptors (Lipinski definition) is 4. The highest BCUT2D eigenvalue weighted by Gasteiger charge is 2.33. The van der Waals surface area contributed by atoms with Crippen LogP contribution in [0.4, 0.5) is 0 Å². The molecule has 0 saturated carbocycles. The van der Waals surface area contributed by atoms with Crippen molar-refractivity contribution in [3.8, 4) is 5.75 Å². The van der Waals surface area contributed by atoms with Crippen LogP contribution < -0.4 is 10.1 Å².